The van der Waals surface area contributed by atoms with Crippen molar-refractivity contribution < 1.29 is 19.8 Å². The molecule has 2 rings (SSSR count). The van der Waals surface area contributed by atoms with Gasteiger partial charge in [-0.3, -0.25) is 0 Å². The molecule has 0 spiro atoms. The lowest BCUT2D eigenvalue weighted by Gasteiger charge is -2.11. The second-order valence-electron chi connectivity index (χ2n) is 6.94. The van der Waals surface area contributed by atoms with E-state index in [9.17, 15) is 19.8 Å². The van der Waals surface area contributed by atoms with Crippen LogP contribution in [0.25, 0.3) is 11.1 Å². The number of carboxylic acid groups (broad SMARTS) is 2. The number of unbranched alkanes of at least 4 members (excludes halogenated alkanes) is 4. The van der Waals surface area contributed by atoms with E-state index in [0.717, 1.165) is 38.5 Å². The first-order valence-electron chi connectivity index (χ1n) is 10.2. The average Bonchev–Trinajstić information content (AvgIpc) is 2.74. The molecule has 0 amide bonds. The minimum atomic E-state index is -1.12. The third-order valence-corrected chi connectivity index (χ3v) is 4.57. The van der Waals surface area contributed by atoms with Gasteiger partial charge in [-0.2, -0.15) is 0 Å². The molecule has 0 aliphatic heterocycles. The van der Waals surface area contributed by atoms with Crippen LogP contribution in [0.15, 0.2) is 36.4 Å². The van der Waals surface area contributed by atoms with E-state index in [4.69, 9.17) is 0 Å². The molecule has 0 aliphatic rings. The third kappa shape index (κ3) is 6.26. The minimum Gasteiger partial charge on any atom is -0.478 e. The predicted octanol–water partition coefficient (Wildman–Crippen LogP) is 5.83. The van der Waals surface area contributed by atoms with Crippen LogP contribution < -0.4 is 0 Å². The second-order valence-corrected chi connectivity index (χ2v) is 6.94. The van der Waals surface area contributed by atoms with Crippen molar-refractivity contribution >= 4 is 11.9 Å². The number of rotatable bonds is 7. The summed E-state index contributed by atoms with van der Waals surface area (Å²) in [5.41, 5.74) is 1.96. The van der Waals surface area contributed by atoms with Crippen LogP contribution in [-0.4, -0.2) is 22.2 Å². The van der Waals surface area contributed by atoms with Crippen molar-refractivity contribution in [3.8, 4) is 34.8 Å². The Bertz CT molecular complexity index is 957. The van der Waals surface area contributed by atoms with Crippen molar-refractivity contribution in [2.75, 3.05) is 0 Å². The van der Waals surface area contributed by atoms with Crippen LogP contribution >= 0.6 is 0 Å². The van der Waals surface area contributed by atoms with Crippen LogP contribution in [0.1, 0.15) is 84.2 Å². The maximum Gasteiger partial charge on any atom is 0.336 e. The molecule has 0 radical (unpaired) electrons. The van der Waals surface area contributed by atoms with Crippen LogP contribution in [0, 0.1) is 23.7 Å². The fraction of sp³-hybridized carbons (Fsp3) is 0.308. The van der Waals surface area contributed by atoms with E-state index in [1.54, 1.807) is 24.3 Å². The summed E-state index contributed by atoms with van der Waals surface area (Å²) >= 11 is 0. The summed E-state index contributed by atoms with van der Waals surface area (Å²) in [7, 11) is 0. The van der Waals surface area contributed by atoms with Crippen LogP contribution in [0.4, 0.5) is 0 Å². The zero-order valence-corrected chi connectivity index (χ0v) is 17.4. The number of hydrogen-bond donors (Lipinski definition) is 2. The fourth-order valence-electron chi connectivity index (χ4n) is 2.93. The van der Waals surface area contributed by atoms with Gasteiger partial charge in [0.25, 0.3) is 0 Å². The molecule has 0 saturated heterocycles. The summed E-state index contributed by atoms with van der Waals surface area (Å²) in [5, 5.41) is 19.4. The normalized spacial score (nSPS) is 9.80. The molecule has 4 nitrogen and oxygen atoms in total. The summed E-state index contributed by atoms with van der Waals surface area (Å²) in [4.78, 5) is 23.7. The van der Waals surface area contributed by atoms with Crippen LogP contribution in [0.3, 0.4) is 0 Å². The molecule has 0 aliphatic carbocycles. The number of hydrogen-bond acceptors (Lipinski definition) is 2. The van der Waals surface area contributed by atoms with Crippen molar-refractivity contribution in [1.82, 2.24) is 0 Å². The fourth-order valence-corrected chi connectivity index (χ4v) is 2.93. The lowest BCUT2D eigenvalue weighted by molar-refractivity contribution is 0.0684. The average molecular weight is 402 g/mol. The third-order valence-electron chi connectivity index (χ3n) is 4.57. The molecule has 2 aromatic rings. The number of aromatic carboxylic acids is 2. The summed E-state index contributed by atoms with van der Waals surface area (Å²) < 4.78 is 0. The van der Waals surface area contributed by atoms with E-state index in [1.807, 2.05) is 0 Å². The topological polar surface area (TPSA) is 74.6 Å². The molecule has 30 heavy (non-hydrogen) atoms. The van der Waals surface area contributed by atoms with Crippen molar-refractivity contribution in [3.05, 3.63) is 58.7 Å². The lowest BCUT2D eigenvalue weighted by atomic mass is 9.92. The van der Waals surface area contributed by atoms with Crippen molar-refractivity contribution in [2.24, 2.45) is 0 Å². The Labute approximate surface area is 178 Å². The SMILES string of the molecule is CCCCC#Cc1ccc(-c2ccc(C#CCCCC)cc2C(=O)O)c(C(=O)O)c1. The van der Waals surface area contributed by atoms with Gasteiger partial charge in [-0.25, -0.2) is 9.59 Å². The van der Waals surface area contributed by atoms with Gasteiger partial charge in [0, 0.05) is 24.0 Å². The standard InChI is InChI=1S/C26H26O4/c1-3-5-7-9-11-19-13-15-21(23(17-19)25(27)28)22-16-14-20(12-10-8-6-4-2)18-24(22)26(29)30/h13-18H,3-8H2,1-2H3,(H,27,28)(H,29,30). The first kappa shape index (κ1) is 22.8. The van der Waals surface area contributed by atoms with Gasteiger partial charge in [-0.05, 0) is 48.2 Å². The molecule has 4 heteroatoms. The van der Waals surface area contributed by atoms with Gasteiger partial charge in [-0.1, -0.05) is 62.5 Å². The van der Waals surface area contributed by atoms with Gasteiger partial charge in [0.2, 0.25) is 0 Å². The highest BCUT2D eigenvalue weighted by molar-refractivity contribution is 6.02. The minimum absolute atomic E-state index is 0.0292. The van der Waals surface area contributed by atoms with Crippen LogP contribution in [-0.2, 0) is 0 Å². The van der Waals surface area contributed by atoms with Gasteiger partial charge in [-0.15, -0.1) is 0 Å². The van der Waals surface area contributed by atoms with E-state index in [-0.39, 0.29) is 11.1 Å². The van der Waals surface area contributed by atoms with E-state index >= 15 is 0 Å². The largest absolute Gasteiger partial charge is 0.478 e. The van der Waals surface area contributed by atoms with E-state index in [0.29, 0.717) is 22.3 Å². The summed E-state index contributed by atoms with van der Waals surface area (Å²) in [6.45, 7) is 4.17. The second kappa shape index (κ2) is 11.5. The van der Waals surface area contributed by atoms with E-state index in [1.165, 1.54) is 12.1 Å². The van der Waals surface area contributed by atoms with E-state index < -0.39 is 11.9 Å². The molecule has 0 saturated carbocycles. The molecule has 2 aromatic carbocycles. The predicted molar refractivity (Wildman–Crippen MR) is 119 cm³/mol. The first-order valence-corrected chi connectivity index (χ1v) is 10.2. The highest BCUT2D eigenvalue weighted by atomic mass is 16.4. The summed E-state index contributed by atoms with van der Waals surface area (Å²) in [6.07, 6.45) is 5.59. The van der Waals surface area contributed by atoms with Gasteiger partial charge in [0.1, 0.15) is 0 Å². The molecule has 154 valence electrons. The molecule has 0 fully saturated rings. The maximum atomic E-state index is 11.9. The Kier molecular flexibility index (Phi) is 8.73. The molecule has 0 atom stereocenters. The van der Waals surface area contributed by atoms with Crippen molar-refractivity contribution in [3.63, 3.8) is 0 Å². The Morgan fingerprint density at radius 3 is 1.47 bits per heavy atom. The monoisotopic (exact) mass is 402 g/mol. The maximum absolute atomic E-state index is 11.9. The lowest BCUT2D eigenvalue weighted by Crippen LogP contribution is -2.05. The Balaban J connectivity index is 2.47. The van der Waals surface area contributed by atoms with E-state index in [2.05, 4.69) is 37.5 Å². The molecular weight excluding hydrogens is 376 g/mol. The van der Waals surface area contributed by atoms with Crippen molar-refractivity contribution in [1.29, 1.82) is 0 Å². The van der Waals surface area contributed by atoms with Crippen molar-refractivity contribution in [2.45, 2.75) is 52.4 Å². The quantitative estimate of drug-likeness (QED) is 0.451. The molecule has 2 N–H and O–H groups in total. The first-order chi connectivity index (χ1) is 14.5. The van der Waals surface area contributed by atoms with Gasteiger partial charge in [0.05, 0.1) is 11.1 Å². The number of carbonyl (C=O) groups is 2. The number of benzene rings is 2. The highest BCUT2D eigenvalue weighted by Gasteiger charge is 2.18. The summed E-state index contributed by atoms with van der Waals surface area (Å²) in [6, 6.07) is 9.71. The zero-order chi connectivity index (χ0) is 21.9. The Hall–Kier alpha value is -3.50. The van der Waals surface area contributed by atoms with Crippen LogP contribution in [0.5, 0.6) is 0 Å². The Morgan fingerprint density at radius 1 is 0.733 bits per heavy atom. The molecule has 0 unspecified atom stereocenters. The molecule has 0 bridgehead atoms. The zero-order valence-electron chi connectivity index (χ0n) is 17.4. The smallest absolute Gasteiger partial charge is 0.336 e. The van der Waals surface area contributed by atoms with Gasteiger partial charge < -0.3 is 10.2 Å². The summed E-state index contributed by atoms with van der Waals surface area (Å²) in [5.74, 6) is 9.81. The molecular formula is C26H26O4. The molecule has 0 heterocycles. The Morgan fingerprint density at radius 2 is 1.13 bits per heavy atom. The van der Waals surface area contributed by atoms with Gasteiger partial charge in [0.15, 0.2) is 0 Å². The number of carboxylic acids is 2. The highest BCUT2D eigenvalue weighted by Crippen LogP contribution is 2.29. The molecule has 0 aromatic heterocycles. The van der Waals surface area contributed by atoms with Crippen LogP contribution in [0.2, 0.25) is 0 Å². The van der Waals surface area contributed by atoms with Gasteiger partial charge >= 0.3 is 11.9 Å².